The van der Waals surface area contributed by atoms with Crippen LogP contribution in [0.2, 0.25) is 10.0 Å². The fourth-order valence-electron chi connectivity index (χ4n) is 4.62. The Hall–Kier alpha value is -2.44. The first-order valence-corrected chi connectivity index (χ1v) is 16.3. The van der Waals surface area contributed by atoms with E-state index in [1.165, 1.54) is 11.3 Å². The largest absolute Gasteiger partial charge is 0.487 e. The Balaban J connectivity index is 1.63. The molecule has 42 heavy (non-hydrogen) atoms. The van der Waals surface area contributed by atoms with Crippen LogP contribution in [0.5, 0.6) is 5.75 Å². The van der Waals surface area contributed by atoms with Crippen molar-refractivity contribution in [1.29, 1.82) is 0 Å². The van der Waals surface area contributed by atoms with E-state index in [4.69, 9.17) is 32.7 Å². The molecular weight excluding hydrogens is 774 g/mol. The maximum absolute atomic E-state index is 14.1. The van der Waals surface area contributed by atoms with Crippen molar-refractivity contribution in [1.82, 2.24) is 4.57 Å². The molecule has 0 N–H and O–H groups in total. The molecule has 4 aromatic rings. The third-order valence-electron chi connectivity index (χ3n) is 6.60. The van der Waals surface area contributed by atoms with Gasteiger partial charge in [0.2, 0.25) is 0 Å². The van der Waals surface area contributed by atoms with Crippen LogP contribution < -0.4 is 19.6 Å². The van der Waals surface area contributed by atoms with Crippen molar-refractivity contribution in [2.45, 2.75) is 33.4 Å². The molecule has 0 amide bonds. The van der Waals surface area contributed by atoms with Crippen LogP contribution >= 0.6 is 73.1 Å². The van der Waals surface area contributed by atoms with Gasteiger partial charge >= 0.3 is 5.97 Å². The predicted octanol–water partition coefficient (Wildman–Crippen LogP) is 7.36. The summed E-state index contributed by atoms with van der Waals surface area (Å²) in [7, 11) is 0. The topological polar surface area (TPSA) is 69.9 Å². The minimum absolute atomic E-state index is 0.215. The van der Waals surface area contributed by atoms with Gasteiger partial charge in [-0.25, -0.2) is 9.79 Å². The van der Waals surface area contributed by atoms with Crippen LogP contribution in [-0.2, 0) is 16.1 Å². The summed E-state index contributed by atoms with van der Waals surface area (Å²) >= 11 is 19.3. The molecule has 0 fully saturated rings. The average molecular weight is 798 g/mol. The molecular formula is C31H24BrCl2IN2O4S. The van der Waals surface area contributed by atoms with Gasteiger partial charge < -0.3 is 9.47 Å². The summed E-state index contributed by atoms with van der Waals surface area (Å²) in [6.45, 7) is 5.99. The number of carbonyl (C=O) groups excluding carboxylic acids is 1. The van der Waals surface area contributed by atoms with Crippen molar-refractivity contribution in [2.75, 3.05) is 6.61 Å². The summed E-state index contributed by atoms with van der Waals surface area (Å²) in [6, 6.07) is 16.3. The normalized spacial score (nSPS) is 14.9. The highest BCUT2D eigenvalue weighted by Crippen LogP contribution is 2.33. The van der Waals surface area contributed by atoms with Crippen LogP contribution in [0.1, 0.15) is 42.1 Å². The molecule has 1 aliphatic rings. The van der Waals surface area contributed by atoms with Crippen LogP contribution in [0.4, 0.5) is 0 Å². The van der Waals surface area contributed by atoms with E-state index < -0.39 is 12.0 Å². The number of carbonyl (C=O) groups is 1. The second-order valence-corrected chi connectivity index (χ2v) is 13.5. The molecule has 1 aliphatic heterocycles. The van der Waals surface area contributed by atoms with Crippen molar-refractivity contribution in [3.8, 4) is 5.75 Å². The van der Waals surface area contributed by atoms with Crippen LogP contribution in [0.25, 0.3) is 6.08 Å². The fraction of sp³-hybridized carbons (Fsp3) is 0.194. The first-order chi connectivity index (χ1) is 20.1. The lowest BCUT2D eigenvalue weighted by Gasteiger charge is -2.24. The molecule has 1 atom stereocenters. The summed E-state index contributed by atoms with van der Waals surface area (Å²) in [6.07, 6.45) is 1.80. The Morgan fingerprint density at radius 3 is 2.55 bits per heavy atom. The number of benzene rings is 3. The first-order valence-electron chi connectivity index (χ1n) is 12.9. The van der Waals surface area contributed by atoms with Gasteiger partial charge in [-0.1, -0.05) is 86.4 Å². The molecule has 0 spiro atoms. The highest BCUT2D eigenvalue weighted by atomic mass is 127. The van der Waals surface area contributed by atoms with Gasteiger partial charge in [-0.3, -0.25) is 9.36 Å². The Kier molecular flexibility index (Phi) is 9.63. The number of allylic oxidation sites excluding steroid dienone is 1. The van der Waals surface area contributed by atoms with Gasteiger partial charge in [0.15, 0.2) is 4.80 Å². The molecule has 11 heteroatoms. The van der Waals surface area contributed by atoms with Crippen molar-refractivity contribution in [2.24, 2.45) is 4.99 Å². The fourth-order valence-corrected chi connectivity index (χ4v) is 7.69. The number of hydrogen-bond donors (Lipinski definition) is 0. The van der Waals surface area contributed by atoms with Gasteiger partial charge in [-0.15, -0.1) is 0 Å². The van der Waals surface area contributed by atoms with Crippen molar-refractivity contribution < 1.29 is 14.3 Å². The Labute approximate surface area is 278 Å². The molecule has 0 bridgehead atoms. The minimum atomic E-state index is -0.670. The van der Waals surface area contributed by atoms with Crippen LogP contribution in [0.3, 0.4) is 0 Å². The number of hydrogen-bond acceptors (Lipinski definition) is 6. The Morgan fingerprint density at radius 1 is 1.12 bits per heavy atom. The zero-order chi connectivity index (χ0) is 30.1. The smallest absolute Gasteiger partial charge is 0.338 e. The van der Waals surface area contributed by atoms with Gasteiger partial charge in [0.25, 0.3) is 5.56 Å². The summed E-state index contributed by atoms with van der Waals surface area (Å²) in [5.74, 6) is 0.132. The molecule has 0 saturated carbocycles. The summed E-state index contributed by atoms with van der Waals surface area (Å²) in [5, 5.41) is 0.921. The molecule has 6 nitrogen and oxygen atoms in total. The number of nitrogens with zero attached hydrogens (tertiary/aromatic N) is 2. The summed E-state index contributed by atoms with van der Waals surface area (Å²) in [5.41, 5.74) is 4.05. The van der Waals surface area contributed by atoms with Crippen molar-refractivity contribution >= 4 is 85.1 Å². The number of fused-ring (bicyclic) bond motifs is 1. The van der Waals surface area contributed by atoms with Gasteiger partial charge in [0, 0.05) is 10.0 Å². The van der Waals surface area contributed by atoms with Gasteiger partial charge in [0.1, 0.15) is 12.4 Å². The first kappa shape index (κ1) is 31.0. The molecule has 2 heterocycles. The standard InChI is InChI=1S/C31H24BrCl2IN2O4S/c1-4-40-30(39)26-17(3)36-31-37(27(26)19-8-5-16(2)6-9-19)29(38)25(42-31)13-20-12-21(32)14-24(35)28(20)41-15-18-7-10-22(33)23(34)11-18/h5-14,27H,4,15H2,1-3H3/b25-13-/t27-/m1/s1. The maximum atomic E-state index is 14.1. The third kappa shape index (κ3) is 6.40. The summed E-state index contributed by atoms with van der Waals surface area (Å²) in [4.78, 5) is 32.4. The van der Waals surface area contributed by atoms with E-state index in [-0.39, 0.29) is 18.8 Å². The quantitative estimate of drug-likeness (QED) is 0.145. The second-order valence-electron chi connectivity index (χ2n) is 9.56. The monoisotopic (exact) mass is 796 g/mol. The van der Waals surface area contributed by atoms with Crippen LogP contribution in [-0.4, -0.2) is 17.1 Å². The number of rotatable bonds is 7. The van der Waals surface area contributed by atoms with Crippen LogP contribution in [0.15, 0.2) is 80.1 Å². The lowest BCUT2D eigenvalue weighted by Crippen LogP contribution is -2.39. The van der Waals surface area contributed by atoms with Crippen LogP contribution in [0, 0.1) is 10.5 Å². The number of aromatic nitrogens is 1. The van der Waals surface area contributed by atoms with Gasteiger partial charge in [0.05, 0.1) is 42.1 Å². The molecule has 216 valence electrons. The van der Waals surface area contributed by atoms with E-state index in [0.29, 0.717) is 42.0 Å². The predicted molar refractivity (Wildman–Crippen MR) is 179 cm³/mol. The number of halogens is 4. The molecule has 0 saturated heterocycles. The second kappa shape index (κ2) is 13.1. The van der Waals surface area contributed by atoms with Gasteiger partial charge in [-0.2, -0.15) is 0 Å². The molecule has 0 unspecified atom stereocenters. The number of aryl methyl sites for hydroxylation is 1. The molecule has 1 aromatic heterocycles. The van der Waals surface area contributed by atoms with E-state index in [9.17, 15) is 9.59 Å². The molecule has 3 aromatic carbocycles. The summed E-state index contributed by atoms with van der Waals surface area (Å²) < 4.78 is 15.4. The van der Waals surface area contributed by atoms with E-state index >= 15 is 0 Å². The highest BCUT2D eigenvalue weighted by Gasteiger charge is 2.33. The molecule has 0 radical (unpaired) electrons. The zero-order valence-corrected chi connectivity index (χ0v) is 28.8. The van der Waals surface area contributed by atoms with E-state index in [2.05, 4.69) is 43.5 Å². The van der Waals surface area contributed by atoms with Gasteiger partial charge in [-0.05, 0) is 84.8 Å². The zero-order valence-electron chi connectivity index (χ0n) is 22.7. The minimum Gasteiger partial charge on any atom is -0.487 e. The Morgan fingerprint density at radius 2 is 1.86 bits per heavy atom. The average Bonchev–Trinajstić information content (AvgIpc) is 3.24. The van der Waals surface area contributed by atoms with E-state index in [1.54, 1.807) is 36.6 Å². The number of esters is 1. The Bertz CT molecular complexity index is 1920. The maximum Gasteiger partial charge on any atom is 0.338 e. The van der Waals surface area contributed by atoms with E-state index in [0.717, 1.165) is 24.7 Å². The SMILES string of the molecule is CCOC(=O)C1=C(C)N=c2s/c(=C\c3cc(Br)cc(I)c3OCc3ccc(Cl)c(Cl)c3)c(=O)n2[C@@H]1c1ccc(C)cc1. The number of ether oxygens (including phenoxy) is 2. The van der Waals surface area contributed by atoms with E-state index in [1.807, 2.05) is 49.4 Å². The third-order valence-corrected chi connectivity index (χ3v) is 9.58. The van der Waals surface area contributed by atoms with Crippen molar-refractivity contribution in [3.63, 3.8) is 0 Å². The lowest BCUT2D eigenvalue weighted by atomic mass is 9.95. The molecule has 5 rings (SSSR count). The highest BCUT2D eigenvalue weighted by molar-refractivity contribution is 14.1. The lowest BCUT2D eigenvalue weighted by molar-refractivity contribution is -0.139. The van der Waals surface area contributed by atoms with Crippen molar-refractivity contribution in [3.05, 3.63) is 126 Å². The number of thiazole rings is 1. The molecule has 0 aliphatic carbocycles.